The first kappa shape index (κ1) is 22.0. The molecule has 1 unspecified atom stereocenters. The Morgan fingerprint density at radius 2 is 1.65 bits per heavy atom. The van der Waals surface area contributed by atoms with Gasteiger partial charge in [-0.3, -0.25) is 4.79 Å². The third kappa shape index (κ3) is 4.58. The fourth-order valence-electron chi connectivity index (χ4n) is 3.26. The number of amides is 1. The van der Waals surface area contributed by atoms with Crippen molar-refractivity contribution < 1.29 is 47.0 Å². The fourth-order valence-corrected chi connectivity index (χ4v) is 3.26. The molecule has 31 heavy (non-hydrogen) atoms. The molecule has 0 aliphatic carbocycles. The summed E-state index contributed by atoms with van der Waals surface area (Å²) >= 11 is 0. The first-order valence-electron chi connectivity index (χ1n) is 9.09. The van der Waals surface area contributed by atoms with Crippen LogP contribution < -0.4 is 10.2 Å². The molecule has 8 nitrogen and oxygen atoms in total. The maximum absolute atomic E-state index is 12.4. The van der Waals surface area contributed by atoms with Crippen LogP contribution in [0.25, 0.3) is 0 Å². The van der Waals surface area contributed by atoms with Crippen molar-refractivity contribution in [1.29, 1.82) is 0 Å². The molecule has 161 valence electrons. The third-order valence-corrected chi connectivity index (χ3v) is 4.71. The number of hydrogen-bond acceptors (Lipinski definition) is 7. The molecule has 1 atom stereocenters. The summed E-state index contributed by atoms with van der Waals surface area (Å²) in [5.74, 6) is -0.924. The molecule has 1 aliphatic rings. The smallest absolute Gasteiger partial charge is 0.508 e. The number of nitrogens with one attached hydrogen (secondary N) is 1. The molecule has 0 bridgehead atoms. The van der Waals surface area contributed by atoms with E-state index < -0.39 is 12.0 Å². The van der Waals surface area contributed by atoms with Gasteiger partial charge in [-0.2, -0.15) is 5.10 Å². The molecule has 5 N–H and O–H groups in total. The van der Waals surface area contributed by atoms with E-state index in [1.54, 1.807) is 24.3 Å². The van der Waals surface area contributed by atoms with Crippen molar-refractivity contribution in [3.05, 3.63) is 77.4 Å². The van der Waals surface area contributed by atoms with E-state index in [1.807, 2.05) is 0 Å². The van der Waals surface area contributed by atoms with E-state index in [1.165, 1.54) is 30.3 Å². The number of phenolic OH excluding ortho intramolecular Hbond substituents is 4. The van der Waals surface area contributed by atoms with Crippen LogP contribution in [0, 0.1) is 0 Å². The van der Waals surface area contributed by atoms with Gasteiger partial charge in [0.1, 0.15) is 34.9 Å². The molecule has 0 saturated carbocycles. The number of fused-ring (bicyclic) bond motifs is 1. The Labute approximate surface area is 187 Å². The fraction of sp³-hybridized carbons (Fsp3) is 0.0909. The largest absolute Gasteiger partial charge is 2.00 e. The summed E-state index contributed by atoms with van der Waals surface area (Å²) in [5.41, 5.74) is 3.76. The summed E-state index contributed by atoms with van der Waals surface area (Å²) in [5, 5.41) is 43.7. The molecular weight excluding hydrogens is 452 g/mol. The molecule has 1 heterocycles. The number of hydrogen-bond donors (Lipinski definition) is 5. The Kier molecular flexibility index (Phi) is 6.39. The number of ether oxygens (including phenoxy) is 1. The monoisotopic (exact) mass is 469 g/mol. The van der Waals surface area contributed by atoms with Crippen LogP contribution in [0.2, 0.25) is 0 Å². The zero-order chi connectivity index (χ0) is 21.3. The number of aromatic hydroxyl groups is 4. The van der Waals surface area contributed by atoms with E-state index in [-0.39, 0.29) is 63.4 Å². The van der Waals surface area contributed by atoms with Crippen LogP contribution >= 0.6 is 0 Å². The third-order valence-electron chi connectivity index (χ3n) is 4.71. The second kappa shape index (κ2) is 8.99. The van der Waals surface area contributed by atoms with Crippen molar-refractivity contribution >= 4 is 11.6 Å². The van der Waals surface area contributed by atoms with Crippen LogP contribution in [0.1, 0.15) is 34.0 Å². The number of carbonyl (C=O) groups excluding carboxylic acids is 1. The van der Waals surface area contributed by atoms with Gasteiger partial charge in [-0.25, -0.2) is 5.43 Å². The van der Waals surface area contributed by atoms with Crippen molar-refractivity contribution in [2.75, 3.05) is 0 Å². The molecule has 4 rings (SSSR count). The maximum atomic E-state index is 12.4. The number of carbonyl (C=O) groups is 1. The average Bonchev–Trinajstić information content (AvgIpc) is 2.72. The minimum absolute atomic E-state index is 0. The quantitative estimate of drug-likeness (QED) is 0.296. The Bertz CT molecular complexity index is 1150. The number of benzene rings is 3. The molecule has 1 amide bonds. The van der Waals surface area contributed by atoms with E-state index in [0.29, 0.717) is 5.71 Å². The molecule has 0 saturated heterocycles. The molecule has 0 fully saturated rings. The van der Waals surface area contributed by atoms with Gasteiger partial charge in [0.2, 0.25) is 0 Å². The van der Waals surface area contributed by atoms with Gasteiger partial charge < -0.3 is 25.2 Å². The first-order chi connectivity index (χ1) is 14.4. The molecule has 0 aromatic heterocycles. The zero-order valence-electron chi connectivity index (χ0n) is 15.9. The van der Waals surface area contributed by atoms with Crippen LogP contribution in [0.3, 0.4) is 0 Å². The topological polar surface area (TPSA) is 132 Å². The van der Waals surface area contributed by atoms with Gasteiger partial charge in [-0.1, -0.05) is 24.3 Å². The summed E-state index contributed by atoms with van der Waals surface area (Å²) < 4.78 is 5.93. The number of phenols is 4. The number of rotatable bonds is 3. The average molecular weight is 470 g/mol. The molecule has 3 aromatic rings. The van der Waals surface area contributed by atoms with Gasteiger partial charge in [0.25, 0.3) is 5.91 Å². The van der Waals surface area contributed by atoms with Crippen LogP contribution in [0.15, 0.2) is 65.8 Å². The normalized spacial score (nSPS) is 16.0. The van der Waals surface area contributed by atoms with Crippen LogP contribution in [-0.4, -0.2) is 32.0 Å². The number of hydrazone groups is 1. The van der Waals surface area contributed by atoms with Gasteiger partial charge in [0, 0.05) is 18.6 Å². The number of para-hydroxylation sites is 1. The second-order valence-corrected chi connectivity index (χ2v) is 6.76. The van der Waals surface area contributed by atoms with Gasteiger partial charge in [-0.15, -0.1) is 0 Å². The summed E-state index contributed by atoms with van der Waals surface area (Å²) in [6, 6.07) is 15.0. The molecular formula is C22H18CuN2O6+2. The summed E-state index contributed by atoms with van der Waals surface area (Å²) in [6.45, 7) is 0. The Morgan fingerprint density at radius 3 is 2.35 bits per heavy atom. The van der Waals surface area contributed by atoms with E-state index in [9.17, 15) is 25.2 Å². The van der Waals surface area contributed by atoms with Gasteiger partial charge in [0.15, 0.2) is 0 Å². The first-order valence-corrected chi connectivity index (χ1v) is 9.09. The van der Waals surface area contributed by atoms with Crippen molar-refractivity contribution in [3.63, 3.8) is 0 Å². The van der Waals surface area contributed by atoms with E-state index in [0.717, 1.165) is 11.6 Å². The summed E-state index contributed by atoms with van der Waals surface area (Å²) in [7, 11) is 0. The summed E-state index contributed by atoms with van der Waals surface area (Å²) in [4.78, 5) is 12.4. The van der Waals surface area contributed by atoms with Gasteiger partial charge >= 0.3 is 17.1 Å². The van der Waals surface area contributed by atoms with Gasteiger partial charge in [-0.05, 0) is 29.8 Å². The summed E-state index contributed by atoms with van der Waals surface area (Å²) in [6.07, 6.45) is -0.322. The predicted octanol–water partition coefficient (Wildman–Crippen LogP) is 3.16. The Morgan fingerprint density at radius 1 is 0.935 bits per heavy atom. The minimum atomic E-state index is -0.618. The van der Waals surface area contributed by atoms with E-state index >= 15 is 0 Å². The van der Waals surface area contributed by atoms with Crippen LogP contribution in [0.5, 0.6) is 28.7 Å². The second-order valence-electron chi connectivity index (χ2n) is 6.76. The van der Waals surface area contributed by atoms with E-state index in [2.05, 4.69) is 10.5 Å². The Hall–Kier alpha value is -3.68. The maximum Gasteiger partial charge on any atom is 2.00 e. The zero-order valence-corrected chi connectivity index (χ0v) is 16.9. The van der Waals surface area contributed by atoms with Crippen molar-refractivity contribution in [1.82, 2.24) is 5.43 Å². The molecule has 0 spiro atoms. The van der Waals surface area contributed by atoms with Crippen LogP contribution in [0.4, 0.5) is 0 Å². The molecule has 9 heteroatoms. The van der Waals surface area contributed by atoms with E-state index in [4.69, 9.17) is 4.74 Å². The predicted molar refractivity (Wildman–Crippen MR) is 108 cm³/mol. The Balaban J connectivity index is 0.00000272. The SMILES string of the molecule is O=C(N/N=C1\CC(c2ccc(O)cc2)Oc2cc(O)cc(O)c21)c1ccccc1O.[Cu+2]. The van der Waals surface area contributed by atoms with Crippen molar-refractivity contribution in [2.24, 2.45) is 5.10 Å². The molecule has 1 radical (unpaired) electrons. The number of nitrogens with zero attached hydrogens (tertiary/aromatic N) is 1. The molecule has 1 aliphatic heterocycles. The van der Waals surface area contributed by atoms with Crippen LogP contribution in [-0.2, 0) is 17.1 Å². The standard InChI is InChI=1S/C22H18N2O6.Cu/c25-13-7-5-12(6-8-13)19-11-16(21-18(28)9-14(26)10-20(21)30-19)23-24-22(29)15-3-1-2-4-17(15)27;/h1-10,19,25-28H,11H2,(H,24,29);/q;+2/b23-16+;. The van der Waals surface area contributed by atoms with Crippen molar-refractivity contribution in [3.8, 4) is 28.7 Å². The van der Waals surface area contributed by atoms with Gasteiger partial charge in [0.05, 0.1) is 16.8 Å². The van der Waals surface area contributed by atoms with Crippen molar-refractivity contribution in [2.45, 2.75) is 12.5 Å². The minimum Gasteiger partial charge on any atom is -0.508 e. The molecule has 3 aromatic carbocycles.